The lowest BCUT2D eigenvalue weighted by molar-refractivity contribution is 0.952. The number of thiophene rings is 1. The number of nitrogens with two attached hydrogens (primary N) is 1. The first kappa shape index (κ1) is 8.06. The summed E-state index contributed by atoms with van der Waals surface area (Å²) in [4.78, 5) is 1.38. The minimum atomic E-state index is 0.972. The van der Waals surface area contributed by atoms with E-state index >= 15 is 0 Å². The molecule has 70 valence electrons. The van der Waals surface area contributed by atoms with E-state index in [2.05, 4.69) is 29.6 Å². The Morgan fingerprint density at radius 1 is 1.14 bits per heavy atom. The van der Waals surface area contributed by atoms with E-state index in [4.69, 9.17) is 5.73 Å². The molecule has 1 aromatic heterocycles. The van der Waals surface area contributed by atoms with Crippen molar-refractivity contribution >= 4 is 17.0 Å². The van der Waals surface area contributed by atoms with Gasteiger partial charge >= 0.3 is 0 Å². The third kappa shape index (κ3) is 1.01. The average molecular weight is 201 g/mol. The molecule has 1 aliphatic rings. The summed E-state index contributed by atoms with van der Waals surface area (Å²) in [5.41, 5.74) is 11.1. The molecule has 0 spiro atoms. The standard InChI is InChI=1S/C12H11NS/c13-11-7-14-12-9-4-2-1-3-8(9)5-6-10(11)12/h1-4,7H,5-6,13H2. The van der Waals surface area contributed by atoms with Crippen LogP contribution in [0.5, 0.6) is 0 Å². The quantitative estimate of drug-likeness (QED) is 0.696. The third-order valence-electron chi connectivity index (χ3n) is 2.83. The molecule has 1 aromatic carbocycles. The van der Waals surface area contributed by atoms with Crippen LogP contribution in [0.2, 0.25) is 0 Å². The Kier molecular flexibility index (Phi) is 1.64. The highest BCUT2D eigenvalue weighted by Gasteiger charge is 2.18. The van der Waals surface area contributed by atoms with Crippen molar-refractivity contribution in [2.45, 2.75) is 12.8 Å². The summed E-state index contributed by atoms with van der Waals surface area (Å²) in [6.07, 6.45) is 2.23. The van der Waals surface area contributed by atoms with Crippen molar-refractivity contribution in [1.29, 1.82) is 0 Å². The van der Waals surface area contributed by atoms with Crippen LogP contribution in [0.1, 0.15) is 11.1 Å². The SMILES string of the molecule is Nc1csc2c1CCc1ccccc1-2. The van der Waals surface area contributed by atoms with Gasteiger partial charge in [-0.3, -0.25) is 0 Å². The minimum absolute atomic E-state index is 0.972. The second-order valence-electron chi connectivity index (χ2n) is 3.66. The van der Waals surface area contributed by atoms with E-state index in [1.807, 2.05) is 0 Å². The lowest BCUT2D eigenvalue weighted by Crippen LogP contribution is -2.02. The molecule has 1 nitrogen and oxygen atoms in total. The van der Waals surface area contributed by atoms with Crippen LogP contribution in [0.15, 0.2) is 29.6 Å². The fourth-order valence-corrected chi connectivity index (χ4v) is 3.17. The second kappa shape index (κ2) is 2.85. The van der Waals surface area contributed by atoms with E-state index in [1.54, 1.807) is 11.3 Å². The van der Waals surface area contributed by atoms with E-state index in [0.29, 0.717) is 0 Å². The van der Waals surface area contributed by atoms with Gasteiger partial charge < -0.3 is 5.73 Å². The molecule has 0 unspecified atom stereocenters. The first-order valence-corrected chi connectivity index (χ1v) is 5.68. The van der Waals surface area contributed by atoms with Gasteiger partial charge in [-0.15, -0.1) is 11.3 Å². The number of anilines is 1. The van der Waals surface area contributed by atoms with Crippen molar-refractivity contribution < 1.29 is 0 Å². The molecule has 0 radical (unpaired) electrons. The van der Waals surface area contributed by atoms with Crippen LogP contribution in [0.3, 0.4) is 0 Å². The topological polar surface area (TPSA) is 26.0 Å². The van der Waals surface area contributed by atoms with Gasteiger partial charge in [0.1, 0.15) is 0 Å². The molecule has 0 amide bonds. The molecule has 0 aliphatic heterocycles. The Balaban J connectivity index is 2.29. The first-order valence-electron chi connectivity index (χ1n) is 4.80. The molecule has 0 fully saturated rings. The van der Waals surface area contributed by atoms with Gasteiger partial charge in [0, 0.05) is 15.9 Å². The molecular formula is C12H11NS. The summed E-state index contributed by atoms with van der Waals surface area (Å²) < 4.78 is 0. The van der Waals surface area contributed by atoms with Crippen molar-refractivity contribution in [3.8, 4) is 10.4 Å². The number of hydrogen-bond acceptors (Lipinski definition) is 2. The molecule has 2 aromatic rings. The number of hydrogen-bond donors (Lipinski definition) is 1. The van der Waals surface area contributed by atoms with Gasteiger partial charge in [0.05, 0.1) is 0 Å². The highest BCUT2D eigenvalue weighted by Crippen LogP contribution is 2.40. The Bertz CT molecular complexity index is 485. The van der Waals surface area contributed by atoms with Crippen LogP contribution in [0, 0.1) is 0 Å². The number of rotatable bonds is 0. The van der Waals surface area contributed by atoms with Gasteiger partial charge in [-0.25, -0.2) is 0 Å². The Morgan fingerprint density at radius 3 is 2.93 bits per heavy atom. The van der Waals surface area contributed by atoms with Crippen molar-refractivity contribution in [1.82, 2.24) is 0 Å². The van der Waals surface area contributed by atoms with E-state index in [-0.39, 0.29) is 0 Å². The number of nitrogen functional groups attached to an aromatic ring is 1. The average Bonchev–Trinajstić information content (AvgIpc) is 2.61. The highest BCUT2D eigenvalue weighted by molar-refractivity contribution is 7.14. The normalized spacial score (nSPS) is 13.4. The summed E-state index contributed by atoms with van der Waals surface area (Å²) in [6.45, 7) is 0. The molecule has 3 rings (SSSR count). The molecule has 0 saturated carbocycles. The van der Waals surface area contributed by atoms with Crippen LogP contribution < -0.4 is 5.73 Å². The molecule has 2 N–H and O–H groups in total. The number of fused-ring (bicyclic) bond motifs is 3. The van der Waals surface area contributed by atoms with Crippen molar-refractivity contribution in [3.63, 3.8) is 0 Å². The van der Waals surface area contributed by atoms with Crippen LogP contribution in [0.25, 0.3) is 10.4 Å². The zero-order chi connectivity index (χ0) is 9.54. The van der Waals surface area contributed by atoms with Crippen molar-refractivity contribution in [2.75, 3.05) is 5.73 Å². The zero-order valence-electron chi connectivity index (χ0n) is 7.79. The molecule has 1 heterocycles. The van der Waals surface area contributed by atoms with Gasteiger partial charge in [-0.05, 0) is 29.5 Å². The van der Waals surface area contributed by atoms with E-state index in [0.717, 1.165) is 18.5 Å². The van der Waals surface area contributed by atoms with Gasteiger partial charge in [0.25, 0.3) is 0 Å². The molecule has 0 atom stereocenters. The van der Waals surface area contributed by atoms with E-state index in [1.165, 1.54) is 21.6 Å². The predicted molar refractivity (Wildman–Crippen MR) is 61.6 cm³/mol. The molecule has 2 heteroatoms. The predicted octanol–water partition coefficient (Wildman–Crippen LogP) is 3.10. The number of benzene rings is 1. The molecule has 14 heavy (non-hydrogen) atoms. The van der Waals surface area contributed by atoms with Crippen molar-refractivity contribution in [2.24, 2.45) is 0 Å². The largest absolute Gasteiger partial charge is 0.398 e. The number of aryl methyl sites for hydroxylation is 1. The maximum absolute atomic E-state index is 5.93. The molecular weight excluding hydrogens is 190 g/mol. The van der Waals surface area contributed by atoms with Gasteiger partial charge in [-0.2, -0.15) is 0 Å². The fraction of sp³-hybridized carbons (Fsp3) is 0.167. The minimum Gasteiger partial charge on any atom is -0.398 e. The van der Waals surface area contributed by atoms with E-state index in [9.17, 15) is 0 Å². The van der Waals surface area contributed by atoms with Gasteiger partial charge in [0.15, 0.2) is 0 Å². The monoisotopic (exact) mass is 201 g/mol. The van der Waals surface area contributed by atoms with Crippen LogP contribution in [0.4, 0.5) is 5.69 Å². The fourth-order valence-electron chi connectivity index (χ4n) is 2.10. The maximum atomic E-state index is 5.93. The summed E-state index contributed by atoms with van der Waals surface area (Å²) in [5.74, 6) is 0. The molecule has 1 aliphatic carbocycles. The van der Waals surface area contributed by atoms with Gasteiger partial charge in [0.2, 0.25) is 0 Å². The Hall–Kier alpha value is -1.28. The Morgan fingerprint density at radius 2 is 2.00 bits per heavy atom. The second-order valence-corrected chi connectivity index (χ2v) is 4.54. The summed E-state index contributed by atoms with van der Waals surface area (Å²) in [6, 6.07) is 8.63. The van der Waals surface area contributed by atoms with Crippen molar-refractivity contribution in [3.05, 3.63) is 40.8 Å². The summed E-state index contributed by atoms with van der Waals surface area (Å²) >= 11 is 1.77. The molecule has 0 bridgehead atoms. The maximum Gasteiger partial charge on any atom is 0.0461 e. The lowest BCUT2D eigenvalue weighted by atomic mass is 9.91. The summed E-state index contributed by atoms with van der Waals surface area (Å²) in [7, 11) is 0. The van der Waals surface area contributed by atoms with Gasteiger partial charge in [-0.1, -0.05) is 24.3 Å². The van der Waals surface area contributed by atoms with Crippen LogP contribution in [-0.2, 0) is 12.8 Å². The lowest BCUT2D eigenvalue weighted by Gasteiger charge is -2.16. The third-order valence-corrected chi connectivity index (χ3v) is 3.91. The smallest absolute Gasteiger partial charge is 0.0461 e. The highest BCUT2D eigenvalue weighted by atomic mass is 32.1. The zero-order valence-corrected chi connectivity index (χ0v) is 8.60. The summed E-state index contributed by atoms with van der Waals surface area (Å²) in [5, 5.41) is 2.06. The Labute approximate surface area is 87.2 Å². The van der Waals surface area contributed by atoms with Crippen LogP contribution >= 0.6 is 11.3 Å². The first-order chi connectivity index (χ1) is 6.86. The molecule has 0 saturated heterocycles. The van der Waals surface area contributed by atoms with Crippen LogP contribution in [-0.4, -0.2) is 0 Å². The van der Waals surface area contributed by atoms with E-state index < -0.39 is 0 Å².